The molecule has 3 aromatic rings. The number of benzene rings is 2. The standard InChI is InChI=1S/C20H16N4O2/c1-2-16-18(13-8-10-15(11-9-13)24(25)26)17(12-21)20(22)23-19(16)14-6-4-3-5-7-14/h3-11H,2H2,1H3,(H2,22,23). The van der Waals surface area contributed by atoms with Crippen molar-refractivity contribution in [1.29, 1.82) is 5.26 Å². The van der Waals surface area contributed by atoms with Crippen molar-refractivity contribution in [3.05, 3.63) is 75.8 Å². The zero-order valence-electron chi connectivity index (χ0n) is 14.1. The first-order valence-electron chi connectivity index (χ1n) is 8.09. The van der Waals surface area contributed by atoms with Crippen molar-refractivity contribution in [2.24, 2.45) is 0 Å². The lowest BCUT2D eigenvalue weighted by molar-refractivity contribution is -0.384. The Labute approximate surface area is 150 Å². The smallest absolute Gasteiger partial charge is 0.269 e. The summed E-state index contributed by atoms with van der Waals surface area (Å²) in [4.78, 5) is 14.9. The first-order valence-corrected chi connectivity index (χ1v) is 8.09. The minimum Gasteiger partial charge on any atom is -0.383 e. The number of anilines is 1. The van der Waals surface area contributed by atoms with Gasteiger partial charge in [0.25, 0.3) is 5.69 Å². The van der Waals surface area contributed by atoms with Gasteiger partial charge in [0.2, 0.25) is 0 Å². The highest BCUT2D eigenvalue weighted by molar-refractivity contribution is 5.84. The van der Waals surface area contributed by atoms with Crippen LogP contribution in [0.2, 0.25) is 0 Å². The number of aromatic nitrogens is 1. The third-order valence-electron chi connectivity index (χ3n) is 4.21. The van der Waals surface area contributed by atoms with E-state index >= 15 is 0 Å². The average molecular weight is 344 g/mol. The van der Waals surface area contributed by atoms with Gasteiger partial charge in [-0.1, -0.05) is 37.3 Å². The van der Waals surface area contributed by atoms with Crippen molar-refractivity contribution in [3.63, 3.8) is 0 Å². The van der Waals surface area contributed by atoms with E-state index in [1.54, 1.807) is 12.1 Å². The molecular formula is C20H16N4O2. The van der Waals surface area contributed by atoms with Crippen molar-refractivity contribution < 1.29 is 4.92 Å². The molecule has 0 saturated carbocycles. The fraction of sp³-hybridized carbons (Fsp3) is 0.100. The summed E-state index contributed by atoms with van der Waals surface area (Å²) >= 11 is 0. The monoisotopic (exact) mass is 344 g/mol. The van der Waals surface area contributed by atoms with E-state index in [0.29, 0.717) is 17.5 Å². The Morgan fingerprint density at radius 1 is 1.12 bits per heavy atom. The van der Waals surface area contributed by atoms with Crippen LogP contribution in [0.4, 0.5) is 11.5 Å². The summed E-state index contributed by atoms with van der Waals surface area (Å²) in [6.45, 7) is 1.98. The molecule has 0 spiro atoms. The van der Waals surface area contributed by atoms with Crippen LogP contribution in [0, 0.1) is 21.4 Å². The molecule has 0 amide bonds. The predicted molar refractivity (Wildman–Crippen MR) is 100 cm³/mol. The lowest BCUT2D eigenvalue weighted by atomic mass is 9.90. The molecule has 0 atom stereocenters. The van der Waals surface area contributed by atoms with Crippen LogP contribution in [0.15, 0.2) is 54.6 Å². The summed E-state index contributed by atoms with van der Waals surface area (Å²) in [5.74, 6) is 0.150. The second-order valence-corrected chi connectivity index (χ2v) is 5.71. The Balaban J connectivity index is 2.31. The molecular weight excluding hydrogens is 328 g/mol. The third-order valence-corrected chi connectivity index (χ3v) is 4.21. The number of rotatable bonds is 4. The molecule has 0 radical (unpaired) electrons. The fourth-order valence-corrected chi connectivity index (χ4v) is 3.00. The number of hydrogen-bond acceptors (Lipinski definition) is 5. The molecule has 0 aliphatic rings. The summed E-state index contributed by atoms with van der Waals surface area (Å²) in [5.41, 5.74) is 10.2. The van der Waals surface area contributed by atoms with Gasteiger partial charge in [-0.25, -0.2) is 4.98 Å². The first kappa shape index (κ1) is 17.1. The molecule has 0 fully saturated rings. The van der Waals surface area contributed by atoms with Gasteiger partial charge in [-0.05, 0) is 29.7 Å². The van der Waals surface area contributed by atoms with Crippen molar-refractivity contribution in [2.75, 3.05) is 5.73 Å². The van der Waals surface area contributed by atoms with Crippen LogP contribution in [0.25, 0.3) is 22.4 Å². The number of pyridine rings is 1. The molecule has 128 valence electrons. The van der Waals surface area contributed by atoms with Crippen LogP contribution >= 0.6 is 0 Å². The van der Waals surface area contributed by atoms with Crippen LogP contribution in [-0.2, 0) is 6.42 Å². The van der Waals surface area contributed by atoms with Crippen LogP contribution < -0.4 is 5.73 Å². The molecule has 2 aromatic carbocycles. The van der Waals surface area contributed by atoms with E-state index < -0.39 is 4.92 Å². The summed E-state index contributed by atoms with van der Waals surface area (Å²) < 4.78 is 0. The second kappa shape index (κ2) is 7.03. The van der Waals surface area contributed by atoms with E-state index in [4.69, 9.17) is 5.73 Å². The largest absolute Gasteiger partial charge is 0.383 e. The van der Waals surface area contributed by atoms with Crippen LogP contribution in [-0.4, -0.2) is 9.91 Å². The van der Waals surface area contributed by atoms with E-state index in [1.165, 1.54) is 12.1 Å². The average Bonchev–Trinajstić information content (AvgIpc) is 2.67. The zero-order valence-corrected chi connectivity index (χ0v) is 14.1. The zero-order chi connectivity index (χ0) is 18.7. The summed E-state index contributed by atoms with van der Waals surface area (Å²) in [5, 5.41) is 20.5. The van der Waals surface area contributed by atoms with Crippen molar-refractivity contribution >= 4 is 11.5 Å². The van der Waals surface area contributed by atoms with E-state index in [0.717, 1.165) is 16.8 Å². The van der Waals surface area contributed by atoms with Crippen LogP contribution in [0.3, 0.4) is 0 Å². The summed E-state index contributed by atoms with van der Waals surface area (Å²) in [7, 11) is 0. The van der Waals surface area contributed by atoms with Crippen molar-refractivity contribution in [1.82, 2.24) is 4.98 Å². The molecule has 0 bridgehead atoms. The quantitative estimate of drug-likeness (QED) is 0.560. The van der Waals surface area contributed by atoms with Gasteiger partial charge in [0.05, 0.1) is 10.6 Å². The van der Waals surface area contributed by atoms with Gasteiger partial charge in [0, 0.05) is 23.3 Å². The van der Waals surface area contributed by atoms with Gasteiger partial charge in [-0.15, -0.1) is 0 Å². The molecule has 26 heavy (non-hydrogen) atoms. The Kier molecular flexibility index (Phi) is 4.63. The highest BCUT2D eigenvalue weighted by Gasteiger charge is 2.20. The van der Waals surface area contributed by atoms with Gasteiger partial charge in [-0.2, -0.15) is 5.26 Å². The molecule has 0 aliphatic carbocycles. The van der Waals surface area contributed by atoms with Gasteiger partial charge < -0.3 is 5.73 Å². The molecule has 0 saturated heterocycles. The number of nitrogen functional groups attached to an aromatic ring is 1. The van der Waals surface area contributed by atoms with Gasteiger partial charge in [0.15, 0.2) is 0 Å². The Morgan fingerprint density at radius 3 is 2.31 bits per heavy atom. The molecule has 6 nitrogen and oxygen atoms in total. The van der Waals surface area contributed by atoms with Gasteiger partial charge in [-0.3, -0.25) is 10.1 Å². The Morgan fingerprint density at radius 2 is 1.77 bits per heavy atom. The lowest BCUT2D eigenvalue weighted by Crippen LogP contribution is -2.05. The Bertz CT molecular complexity index is 1010. The van der Waals surface area contributed by atoms with Crippen LogP contribution in [0.5, 0.6) is 0 Å². The van der Waals surface area contributed by atoms with Crippen LogP contribution in [0.1, 0.15) is 18.1 Å². The summed E-state index contributed by atoms with van der Waals surface area (Å²) in [6.07, 6.45) is 0.637. The van der Waals surface area contributed by atoms with E-state index in [9.17, 15) is 15.4 Å². The number of nitro groups is 1. The maximum absolute atomic E-state index is 10.9. The fourth-order valence-electron chi connectivity index (χ4n) is 3.00. The Hall–Kier alpha value is -3.72. The minimum absolute atomic E-state index is 0.00406. The first-order chi connectivity index (χ1) is 12.6. The molecule has 1 aromatic heterocycles. The third kappa shape index (κ3) is 2.98. The van der Waals surface area contributed by atoms with E-state index in [-0.39, 0.29) is 17.1 Å². The van der Waals surface area contributed by atoms with Crippen molar-refractivity contribution in [3.8, 4) is 28.5 Å². The topological polar surface area (TPSA) is 106 Å². The highest BCUT2D eigenvalue weighted by Crippen LogP contribution is 2.37. The maximum atomic E-state index is 10.9. The molecule has 3 rings (SSSR count). The molecule has 6 heteroatoms. The minimum atomic E-state index is -0.452. The molecule has 0 aliphatic heterocycles. The molecule has 2 N–H and O–H groups in total. The number of nitrogens with zero attached hydrogens (tertiary/aromatic N) is 3. The van der Waals surface area contributed by atoms with E-state index in [1.807, 2.05) is 37.3 Å². The number of hydrogen-bond donors (Lipinski definition) is 1. The number of non-ortho nitro benzene ring substituents is 1. The number of nitro benzene ring substituents is 1. The number of nitriles is 1. The molecule has 1 heterocycles. The number of nitrogens with two attached hydrogens (primary N) is 1. The highest BCUT2D eigenvalue weighted by atomic mass is 16.6. The van der Waals surface area contributed by atoms with Gasteiger partial charge in [0.1, 0.15) is 17.5 Å². The van der Waals surface area contributed by atoms with E-state index in [2.05, 4.69) is 11.1 Å². The SMILES string of the molecule is CCc1c(-c2ccccc2)nc(N)c(C#N)c1-c1ccc([N+](=O)[O-])cc1. The lowest BCUT2D eigenvalue weighted by Gasteiger charge is -2.16. The second-order valence-electron chi connectivity index (χ2n) is 5.71. The normalized spacial score (nSPS) is 10.3. The maximum Gasteiger partial charge on any atom is 0.269 e. The van der Waals surface area contributed by atoms with Crippen molar-refractivity contribution in [2.45, 2.75) is 13.3 Å². The predicted octanol–water partition coefficient (Wildman–Crippen LogP) is 4.34. The molecule has 0 unspecified atom stereocenters. The van der Waals surface area contributed by atoms with Gasteiger partial charge >= 0.3 is 0 Å². The summed E-state index contributed by atoms with van der Waals surface area (Å²) in [6, 6.07) is 17.9.